The van der Waals surface area contributed by atoms with Crippen molar-refractivity contribution in [2.75, 3.05) is 20.5 Å². The van der Waals surface area contributed by atoms with Gasteiger partial charge in [0.05, 0.1) is 12.7 Å². The maximum atomic E-state index is 12.3. The highest BCUT2D eigenvalue weighted by Gasteiger charge is 2.24. The molecule has 0 aliphatic carbocycles. The Morgan fingerprint density at radius 1 is 1.12 bits per heavy atom. The van der Waals surface area contributed by atoms with Crippen molar-refractivity contribution in [1.29, 1.82) is 0 Å². The Bertz CT molecular complexity index is 897. The highest BCUT2D eigenvalue weighted by atomic mass is 16.7. The summed E-state index contributed by atoms with van der Waals surface area (Å²) in [5, 5.41) is 0. The van der Waals surface area contributed by atoms with Crippen LogP contribution in [-0.4, -0.2) is 43.2 Å². The number of carbonyl (C=O) groups excluding carboxylic acids is 3. The number of ether oxygens (including phenoxy) is 4. The van der Waals surface area contributed by atoms with Crippen LogP contribution in [0, 0.1) is 13.8 Å². The standard InChI is InChI=1S/C18H17NO7/c1-9-15(17(21)23-3)10(2)19-16(9)18(22)24-7-12(20)11-4-5-13-14(6-11)26-8-25-13/h4-6,19H,7-8H2,1-3H3. The number of esters is 2. The number of aryl methyl sites for hydroxylation is 1. The Labute approximate surface area is 149 Å². The first-order valence-corrected chi connectivity index (χ1v) is 7.79. The van der Waals surface area contributed by atoms with Crippen molar-refractivity contribution in [3.63, 3.8) is 0 Å². The fourth-order valence-electron chi connectivity index (χ4n) is 2.72. The summed E-state index contributed by atoms with van der Waals surface area (Å²) in [6, 6.07) is 4.74. The molecule has 26 heavy (non-hydrogen) atoms. The maximum Gasteiger partial charge on any atom is 0.355 e. The van der Waals surface area contributed by atoms with Crippen molar-refractivity contribution in [2.45, 2.75) is 13.8 Å². The van der Waals surface area contributed by atoms with Crippen LogP contribution in [0.15, 0.2) is 18.2 Å². The predicted octanol–water partition coefficient (Wildman–Crippen LogP) is 2.19. The Morgan fingerprint density at radius 2 is 1.85 bits per heavy atom. The number of nitrogens with one attached hydrogen (secondary N) is 1. The molecular weight excluding hydrogens is 342 g/mol. The minimum absolute atomic E-state index is 0.107. The summed E-state index contributed by atoms with van der Waals surface area (Å²) < 4.78 is 20.2. The molecule has 1 aromatic heterocycles. The molecule has 1 aliphatic heterocycles. The van der Waals surface area contributed by atoms with E-state index in [9.17, 15) is 14.4 Å². The van der Waals surface area contributed by atoms with Gasteiger partial charge < -0.3 is 23.9 Å². The molecule has 2 aromatic rings. The lowest BCUT2D eigenvalue weighted by Gasteiger charge is -2.05. The summed E-state index contributed by atoms with van der Waals surface area (Å²) in [5.41, 5.74) is 1.64. The number of fused-ring (bicyclic) bond motifs is 1. The molecule has 0 radical (unpaired) electrons. The number of aromatic nitrogens is 1. The van der Waals surface area contributed by atoms with E-state index in [2.05, 4.69) is 4.98 Å². The molecule has 2 heterocycles. The summed E-state index contributed by atoms with van der Waals surface area (Å²) in [7, 11) is 1.26. The summed E-state index contributed by atoms with van der Waals surface area (Å²) >= 11 is 0. The van der Waals surface area contributed by atoms with Gasteiger partial charge in [0, 0.05) is 11.3 Å². The molecule has 1 aliphatic rings. The number of rotatable bonds is 5. The SMILES string of the molecule is COC(=O)c1c(C)[nH]c(C(=O)OCC(=O)c2ccc3c(c2)OCO3)c1C. The number of methoxy groups -OCH3 is 1. The Hall–Kier alpha value is -3.29. The van der Waals surface area contributed by atoms with Crippen molar-refractivity contribution < 1.29 is 33.3 Å². The monoisotopic (exact) mass is 359 g/mol. The highest BCUT2D eigenvalue weighted by molar-refractivity contribution is 6.01. The molecule has 0 saturated carbocycles. The van der Waals surface area contributed by atoms with Crippen LogP contribution in [-0.2, 0) is 9.47 Å². The normalized spacial score (nSPS) is 12.0. The van der Waals surface area contributed by atoms with Gasteiger partial charge in [0.1, 0.15) is 5.69 Å². The molecule has 0 unspecified atom stereocenters. The first-order chi connectivity index (χ1) is 12.4. The van der Waals surface area contributed by atoms with Gasteiger partial charge in [-0.25, -0.2) is 9.59 Å². The number of H-pyrrole nitrogens is 1. The third-order valence-corrected chi connectivity index (χ3v) is 4.06. The van der Waals surface area contributed by atoms with Gasteiger partial charge in [0.15, 0.2) is 23.9 Å². The Morgan fingerprint density at radius 3 is 2.58 bits per heavy atom. The molecule has 136 valence electrons. The molecule has 0 fully saturated rings. The van der Waals surface area contributed by atoms with Crippen LogP contribution in [0.1, 0.15) is 42.5 Å². The van der Waals surface area contributed by atoms with E-state index in [4.69, 9.17) is 18.9 Å². The largest absolute Gasteiger partial charge is 0.465 e. The van der Waals surface area contributed by atoms with Crippen LogP contribution in [0.5, 0.6) is 11.5 Å². The first-order valence-electron chi connectivity index (χ1n) is 7.79. The summed E-state index contributed by atoms with van der Waals surface area (Å²) in [4.78, 5) is 39.1. The molecule has 0 amide bonds. The van der Waals surface area contributed by atoms with Crippen LogP contribution in [0.25, 0.3) is 0 Å². The maximum absolute atomic E-state index is 12.3. The number of Topliss-reactive ketones (excluding diaryl/α,β-unsaturated/α-hetero) is 1. The fourth-order valence-corrected chi connectivity index (χ4v) is 2.72. The van der Waals surface area contributed by atoms with E-state index >= 15 is 0 Å². The topological polar surface area (TPSA) is 104 Å². The molecule has 1 N–H and O–H groups in total. The number of carbonyl (C=O) groups is 3. The molecule has 0 bridgehead atoms. The van der Waals surface area contributed by atoms with Crippen molar-refractivity contribution in [1.82, 2.24) is 4.98 Å². The lowest BCUT2D eigenvalue weighted by atomic mass is 10.1. The zero-order chi connectivity index (χ0) is 18.8. The molecule has 1 aromatic carbocycles. The van der Waals surface area contributed by atoms with E-state index in [1.165, 1.54) is 13.2 Å². The van der Waals surface area contributed by atoms with E-state index < -0.39 is 18.5 Å². The Kier molecular flexibility index (Phi) is 4.66. The second kappa shape index (κ2) is 6.91. The van der Waals surface area contributed by atoms with Crippen molar-refractivity contribution in [2.24, 2.45) is 0 Å². The number of hydrogen-bond acceptors (Lipinski definition) is 7. The molecule has 8 heteroatoms. The van der Waals surface area contributed by atoms with Crippen LogP contribution in [0.4, 0.5) is 0 Å². The third kappa shape index (κ3) is 3.13. The summed E-state index contributed by atoms with van der Waals surface area (Å²) in [5.74, 6) is -0.626. The zero-order valence-electron chi connectivity index (χ0n) is 14.5. The number of ketones is 1. The molecule has 0 saturated heterocycles. The molecular formula is C18H17NO7. The second-order valence-corrected chi connectivity index (χ2v) is 5.68. The van der Waals surface area contributed by atoms with E-state index in [0.29, 0.717) is 28.3 Å². The number of hydrogen-bond donors (Lipinski definition) is 1. The quantitative estimate of drug-likeness (QED) is 0.644. The predicted molar refractivity (Wildman–Crippen MR) is 88.8 cm³/mol. The minimum Gasteiger partial charge on any atom is -0.465 e. The molecule has 8 nitrogen and oxygen atoms in total. The van der Waals surface area contributed by atoms with Gasteiger partial charge in [-0.1, -0.05) is 0 Å². The van der Waals surface area contributed by atoms with E-state index in [1.807, 2.05) is 0 Å². The van der Waals surface area contributed by atoms with Gasteiger partial charge in [0.2, 0.25) is 6.79 Å². The van der Waals surface area contributed by atoms with Crippen LogP contribution in [0.3, 0.4) is 0 Å². The van der Waals surface area contributed by atoms with Crippen LogP contribution in [0.2, 0.25) is 0 Å². The first kappa shape index (κ1) is 17.5. The van der Waals surface area contributed by atoms with Crippen molar-refractivity contribution in [3.8, 4) is 11.5 Å². The molecule has 0 atom stereocenters. The lowest BCUT2D eigenvalue weighted by Crippen LogP contribution is -2.15. The van der Waals surface area contributed by atoms with Gasteiger partial charge >= 0.3 is 11.9 Å². The van der Waals surface area contributed by atoms with Gasteiger partial charge in [-0.3, -0.25) is 4.79 Å². The zero-order valence-corrected chi connectivity index (χ0v) is 14.5. The minimum atomic E-state index is -0.727. The van der Waals surface area contributed by atoms with Crippen molar-refractivity contribution in [3.05, 3.63) is 46.3 Å². The average Bonchev–Trinajstić information content (AvgIpc) is 3.22. The Balaban J connectivity index is 1.69. The third-order valence-electron chi connectivity index (χ3n) is 4.06. The smallest absolute Gasteiger partial charge is 0.355 e. The van der Waals surface area contributed by atoms with Crippen LogP contribution < -0.4 is 9.47 Å². The number of benzene rings is 1. The highest BCUT2D eigenvalue weighted by Crippen LogP contribution is 2.32. The van der Waals surface area contributed by atoms with Crippen molar-refractivity contribution >= 4 is 17.7 Å². The fraction of sp³-hybridized carbons (Fsp3) is 0.278. The molecule has 3 rings (SSSR count). The number of aromatic amines is 1. The van der Waals surface area contributed by atoms with Gasteiger partial charge in [-0.15, -0.1) is 0 Å². The van der Waals surface area contributed by atoms with Gasteiger partial charge in [0.25, 0.3) is 0 Å². The van der Waals surface area contributed by atoms with Gasteiger partial charge in [-0.2, -0.15) is 0 Å². The lowest BCUT2D eigenvalue weighted by molar-refractivity contribution is 0.0468. The van der Waals surface area contributed by atoms with Gasteiger partial charge in [-0.05, 0) is 37.6 Å². The van der Waals surface area contributed by atoms with E-state index in [-0.39, 0.29) is 23.8 Å². The molecule has 0 spiro atoms. The summed E-state index contributed by atoms with van der Waals surface area (Å²) in [6.07, 6.45) is 0. The van der Waals surface area contributed by atoms with Crippen LogP contribution >= 0.6 is 0 Å². The average molecular weight is 359 g/mol. The summed E-state index contributed by atoms with van der Waals surface area (Å²) in [6.45, 7) is 2.92. The van der Waals surface area contributed by atoms with E-state index in [1.54, 1.807) is 26.0 Å². The second-order valence-electron chi connectivity index (χ2n) is 5.68. The van der Waals surface area contributed by atoms with E-state index in [0.717, 1.165) is 0 Å².